The van der Waals surface area contributed by atoms with E-state index in [1.807, 2.05) is 59.2 Å². The maximum atomic E-state index is 6.05. The molecule has 0 bridgehead atoms. The Labute approximate surface area is 212 Å². The van der Waals surface area contributed by atoms with Crippen molar-refractivity contribution in [2.45, 2.75) is 0 Å². The summed E-state index contributed by atoms with van der Waals surface area (Å²) in [6, 6.07) is 20.7. The number of imidazole rings is 1. The fourth-order valence-corrected chi connectivity index (χ4v) is 3.95. The van der Waals surface area contributed by atoms with Gasteiger partial charge in [-0.2, -0.15) is 4.98 Å². The molecule has 3 aromatic carbocycles. The lowest BCUT2D eigenvalue weighted by atomic mass is 10.2. The second kappa shape index (κ2) is 10.0. The van der Waals surface area contributed by atoms with Crippen LogP contribution in [0, 0.1) is 0 Å². The van der Waals surface area contributed by atoms with Gasteiger partial charge in [0.1, 0.15) is 5.82 Å². The Bertz CT molecular complexity index is 1500. The summed E-state index contributed by atoms with van der Waals surface area (Å²) in [7, 11) is 4.69. The van der Waals surface area contributed by atoms with E-state index >= 15 is 0 Å². The van der Waals surface area contributed by atoms with Gasteiger partial charge in [-0.25, -0.2) is 9.97 Å². The number of para-hydroxylation sites is 2. The first kappa shape index (κ1) is 23.3. The van der Waals surface area contributed by atoms with Gasteiger partial charge in [-0.1, -0.05) is 23.7 Å². The molecule has 10 heteroatoms. The van der Waals surface area contributed by atoms with E-state index in [9.17, 15) is 0 Å². The zero-order chi connectivity index (χ0) is 25.1. The Morgan fingerprint density at radius 1 is 0.778 bits per heavy atom. The third-order valence-corrected chi connectivity index (χ3v) is 5.70. The van der Waals surface area contributed by atoms with Crippen LogP contribution in [0.1, 0.15) is 0 Å². The smallest absolute Gasteiger partial charge is 0.229 e. The number of rotatable bonds is 8. The Kier molecular flexibility index (Phi) is 6.46. The number of anilines is 4. The fourth-order valence-electron chi connectivity index (χ4n) is 3.82. The second-order valence-electron chi connectivity index (χ2n) is 7.67. The van der Waals surface area contributed by atoms with E-state index in [-0.39, 0.29) is 0 Å². The molecule has 9 nitrogen and oxygen atoms in total. The molecule has 0 aliphatic rings. The van der Waals surface area contributed by atoms with Gasteiger partial charge in [0.15, 0.2) is 11.5 Å². The van der Waals surface area contributed by atoms with Crippen molar-refractivity contribution in [1.29, 1.82) is 0 Å². The van der Waals surface area contributed by atoms with Crippen LogP contribution < -0.4 is 24.8 Å². The van der Waals surface area contributed by atoms with Gasteiger partial charge in [-0.15, -0.1) is 0 Å². The first-order valence-corrected chi connectivity index (χ1v) is 11.4. The third kappa shape index (κ3) is 4.56. The molecule has 5 aromatic rings. The Balaban J connectivity index is 1.54. The van der Waals surface area contributed by atoms with E-state index in [0.717, 1.165) is 16.7 Å². The lowest BCUT2D eigenvalue weighted by Gasteiger charge is -2.15. The van der Waals surface area contributed by atoms with Crippen molar-refractivity contribution < 1.29 is 14.2 Å². The molecule has 5 rings (SSSR count). The molecule has 0 saturated heterocycles. The summed E-state index contributed by atoms with van der Waals surface area (Å²) in [6.45, 7) is 0. The molecule has 2 heterocycles. The predicted octanol–water partition coefficient (Wildman–Crippen LogP) is 5.98. The van der Waals surface area contributed by atoms with Crippen molar-refractivity contribution in [3.05, 3.63) is 77.9 Å². The highest BCUT2D eigenvalue weighted by molar-refractivity contribution is 6.30. The molecule has 182 valence electrons. The van der Waals surface area contributed by atoms with Crippen molar-refractivity contribution >= 4 is 45.9 Å². The van der Waals surface area contributed by atoms with E-state index in [0.29, 0.717) is 45.7 Å². The van der Waals surface area contributed by atoms with Crippen molar-refractivity contribution in [2.75, 3.05) is 32.0 Å². The van der Waals surface area contributed by atoms with Gasteiger partial charge in [0.25, 0.3) is 0 Å². The van der Waals surface area contributed by atoms with Gasteiger partial charge >= 0.3 is 0 Å². The molecule has 36 heavy (non-hydrogen) atoms. The highest BCUT2D eigenvalue weighted by Crippen LogP contribution is 2.40. The molecule has 0 radical (unpaired) electrons. The molecule has 0 saturated carbocycles. The molecular weight excluding hydrogens is 480 g/mol. The van der Waals surface area contributed by atoms with E-state index in [2.05, 4.69) is 15.6 Å². The second-order valence-corrected chi connectivity index (χ2v) is 8.11. The number of hydrogen-bond donors (Lipinski definition) is 2. The first-order valence-electron chi connectivity index (χ1n) is 11.0. The molecule has 0 atom stereocenters. The van der Waals surface area contributed by atoms with E-state index in [1.165, 1.54) is 0 Å². The fraction of sp³-hybridized carbons (Fsp3) is 0.115. The summed E-state index contributed by atoms with van der Waals surface area (Å²) < 4.78 is 18.2. The maximum Gasteiger partial charge on any atom is 0.229 e. The zero-order valence-electron chi connectivity index (χ0n) is 19.8. The number of nitrogens with zero attached hydrogens (tertiary/aromatic N) is 4. The van der Waals surface area contributed by atoms with Crippen LogP contribution in [0.25, 0.3) is 16.9 Å². The lowest BCUT2D eigenvalue weighted by molar-refractivity contribution is 0.324. The average molecular weight is 503 g/mol. The molecule has 0 amide bonds. The molecule has 0 aliphatic carbocycles. The van der Waals surface area contributed by atoms with Crippen LogP contribution in [-0.2, 0) is 0 Å². The van der Waals surface area contributed by atoms with Gasteiger partial charge in [-0.3, -0.25) is 4.57 Å². The summed E-state index contributed by atoms with van der Waals surface area (Å²) in [4.78, 5) is 13.9. The summed E-state index contributed by atoms with van der Waals surface area (Å²) in [5.41, 5.74) is 3.25. The molecular formula is C26H23ClN6O3. The van der Waals surface area contributed by atoms with Gasteiger partial charge in [0.05, 0.1) is 32.4 Å². The summed E-state index contributed by atoms with van der Waals surface area (Å²) in [5, 5.41) is 7.25. The first-order chi connectivity index (χ1) is 17.6. The molecule has 0 spiro atoms. The summed E-state index contributed by atoms with van der Waals surface area (Å²) in [6.07, 6.45) is 1.68. The van der Waals surface area contributed by atoms with Gasteiger partial charge in [0, 0.05) is 40.8 Å². The quantitative estimate of drug-likeness (QED) is 0.267. The molecule has 0 aliphatic heterocycles. The number of hydrogen-bond acceptors (Lipinski definition) is 8. The minimum Gasteiger partial charge on any atom is -0.493 e. The van der Waals surface area contributed by atoms with E-state index in [1.54, 1.807) is 39.7 Å². The molecule has 0 unspecified atom stereocenters. The number of nitrogens with one attached hydrogen (secondary N) is 2. The average Bonchev–Trinajstić information content (AvgIpc) is 3.27. The number of benzene rings is 3. The Morgan fingerprint density at radius 3 is 2.19 bits per heavy atom. The van der Waals surface area contributed by atoms with Gasteiger partial charge in [0.2, 0.25) is 17.6 Å². The molecule has 2 aromatic heterocycles. The predicted molar refractivity (Wildman–Crippen MR) is 141 cm³/mol. The summed E-state index contributed by atoms with van der Waals surface area (Å²) >= 11 is 6.05. The van der Waals surface area contributed by atoms with Crippen molar-refractivity contribution in [2.24, 2.45) is 0 Å². The number of fused-ring (bicyclic) bond motifs is 1. The van der Waals surface area contributed by atoms with Gasteiger partial charge < -0.3 is 24.8 Å². The van der Waals surface area contributed by atoms with Crippen molar-refractivity contribution in [3.8, 4) is 23.1 Å². The highest BCUT2D eigenvalue weighted by atomic mass is 35.5. The van der Waals surface area contributed by atoms with E-state index in [4.69, 9.17) is 35.8 Å². The Morgan fingerprint density at radius 2 is 1.50 bits per heavy atom. The van der Waals surface area contributed by atoms with E-state index < -0.39 is 0 Å². The number of methoxy groups -OCH3 is 3. The normalized spacial score (nSPS) is 10.8. The zero-order valence-corrected chi connectivity index (χ0v) is 20.6. The summed E-state index contributed by atoms with van der Waals surface area (Å²) in [5.74, 6) is 3.16. The van der Waals surface area contributed by atoms with Crippen molar-refractivity contribution in [3.63, 3.8) is 0 Å². The molecule has 2 N–H and O–H groups in total. The third-order valence-electron chi connectivity index (χ3n) is 5.45. The highest BCUT2D eigenvalue weighted by Gasteiger charge is 2.16. The standard InChI is InChI=1S/C26H23ClN6O3/c1-34-21-14-18(15-22(35-2)24(21)36-3)29-25-28-13-12-23(32-25)33-20-7-5-4-6-19(20)31-26(33)30-17-10-8-16(27)9-11-17/h4-15H,1-3H3,(H,30,31)(H,28,29,32). The number of ether oxygens (including phenoxy) is 3. The SMILES string of the molecule is COc1cc(Nc2nccc(-n3c(Nc4ccc(Cl)cc4)nc4ccccc43)n2)cc(OC)c1OC. The van der Waals surface area contributed by atoms with Crippen LogP contribution in [0.3, 0.4) is 0 Å². The van der Waals surface area contributed by atoms with Crippen molar-refractivity contribution in [1.82, 2.24) is 19.5 Å². The van der Waals surface area contributed by atoms with Gasteiger partial charge in [-0.05, 0) is 36.4 Å². The van der Waals surface area contributed by atoms with Crippen LogP contribution in [0.15, 0.2) is 72.9 Å². The number of halogens is 1. The lowest BCUT2D eigenvalue weighted by Crippen LogP contribution is -2.06. The van der Waals surface area contributed by atoms with Crippen LogP contribution in [0.5, 0.6) is 17.2 Å². The van der Waals surface area contributed by atoms with Crippen LogP contribution in [0.4, 0.5) is 23.3 Å². The van der Waals surface area contributed by atoms with Crippen LogP contribution in [0.2, 0.25) is 5.02 Å². The maximum absolute atomic E-state index is 6.05. The minimum atomic E-state index is 0.386. The number of aromatic nitrogens is 4. The largest absolute Gasteiger partial charge is 0.493 e. The topological polar surface area (TPSA) is 95.4 Å². The monoisotopic (exact) mass is 502 g/mol. The van der Waals surface area contributed by atoms with Crippen LogP contribution in [-0.4, -0.2) is 40.8 Å². The minimum absolute atomic E-state index is 0.386. The Hall–Kier alpha value is -4.50. The van der Waals surface area contributed by atoms with Crippen LogP contribution >= 0.6 is 11.6 Å². The molecule has 0 fully saturated rings.